The molecule has 0 unspecified atom stereocenters. The van der Waals surface area contributed by atoms with E-state index in [1.54, 1.807) is 0 Å². The first-order valence-electron chi connectivity index (χ1n) is 5.55. The highest BCUT2D eigenvalue weighted by atomic mass is 32.1. The molecule has 15 heavy (non-hydrogen) atoms. The molecule has 1 heterocycles. The van der Waals surface area contributed by atoms with Gasteiger partial charge in [0.2, 0.25) is 0 Å². The first-order chi connectivity index (χ1) is 7.11. The molecule has 4 heteroatoms. The van der Waals surface area contributed by atoms with E-state index in [1.165, 1.54) is 12.8 Å². The first-order valence-corrected chi connectivity index (χ1v) is 5.96. The van der Waals surface area contributed by atoms with Gasteiger partial charge in [0.05, 0.1) is 0 Å². The van der Waals surface area contributed by atoms with Crippen LogP contribution in [0.2, 0.25) is 0 Å². The van der Waals surface area contributed by atoms with E-state index in [0.29, 0.717) is 6.04 Å². The van der Waals surface area contributed by atoms with E-state index >= 15 is 0 Å². The molecule has 1 aromatic rings. The second kappa shape index (κ2) is 6.08. The van der Waals surface area contributed by atoms with E-state index in [1.807, 2.05) is 12.4 Å². The summed E-state index contributed by atoms with van der Waals surface area (Å²) < 4.78 is 2.91. The summed E-state index contributed by atoms with van der Waals surface area (Å²) >= 11 is 5.13. The van der Waals surface area contributed by atoms with E-state index in [4.69, 9.17) is 12.2 Å². The van der Waals surface area contributed by atoms with Crippen molar-refractivity contribution in [3.05, 3.63) is 17.2 Å². The SMILES string of the molecule is CC(C)N(C)CCCCn1cc[nH]c1=S. The van der Waals surface area contributed by atoms with Crippen molar-refractivity contribution < 1.29 is 0 Å². The molecule has 0 aliphatic heterocycles. The van der Waals surface area contributed by atoms with Crippen molar-refractivity contribution >= 4 is 12.2 Å². The number of unbranched alkanes of at least 4 members (excludes halogenated alkanes) is 1. The minimum Gasteiger partial charge on any atom is -0.337 e. The Morgan fingerprint density at radius 1 is 1.47 bits per heavy atom. The highest BCUT2D eigenvalue weighted by Gasteiger charge is 2.01. The van der Waals surface area contributed by atoms with Crippen LogP contribution in [0.4, 0.5) is 0 Å². The predicted molar refractivity (Wildman–Crippen MR) is 66.6 cm³/mol. The lowest BCUT2D eigenvalue weighted by molar-refractivity contribution is 0.266. The number of hydrogen-bond acceptors (Lipinski definition) is 2. The summed E-state index contributed by atoms with van der Waals surface area (Å²) in [6, 6.07) is 0.638. The monoisotopic (exact) mass is 227 g/mol. The molecule has 0 atom stereocenters. The van der Waals surface area contributed by atoms with Crippen LogP contribution in [-0.4, -0.2) is 34.1 Å². The quantitative estimate of drug-likeness (QED) is 0.597. The number of hydrogen-bond donors (Lipinski definition) is 1. The summed E-state index contributed by atoms with van der Waals surface area (Å²) in [5.74, 6) is 0. The van der Waals surface area contributed by atoms with Crippen LogP contribution in [0.1, 0.15) is 26.7 Å². The number of rotatable bonds is 6. The number of aromatic nitrogens is 2. The number of imidazole rings is 1. The lowest BCUT2D eigenvalue weighted by Gasteiger charge is -2.20. The second-order valence-corrected chi connectivity index (χ2v) is 4.63. The zero-order valence-electron chi connectivity index (χ0n) is 9.86. The summed E-state index contributed by atoms with van der Waals surface area (Å²) in [5.41, 5.74) is 0. The van der Waals surface area contributed by atoms with Gasteiger partial charge in [0, 0.05) is 25.0 Å². The normalized spacial score (nSPS) is 11.5. The highest BCUT2D eigenvalue weighted by Crippen LogP contribution is 2.01. The Morgan fingerprint density at radius 2 is 2.20 bits per heavy atom. The van der Waals surface area contributed by atoms with Gasteiger partial charge in [-0.3, -0.25) is 0 Å². The van der Waals surface area contributed by atoms with Crippen LogP contribution in [0.3, 0.4) is 0 Å². The molecule has 0 aliphatic rings. The summed E-state index contributed by atoms with van der Waals surface area (Å²) in [7, 11) is 2.17. The van der Waals surface area contributed by atoms with Gasteiger partial charge in [0.15, 0.2) is 4.77 Å². The van der Waals surface area contributed by atoms with Crippen molar-refractivity contribution in [1.29, 1.82) is 0 Å². The van der Waals surface area contributed by atoms with Gasteiger partial charge in [-0.2, -0.15) is 0 Å². The molecular weight excluding hydrogens is 206 g/mol. The van der Waals surface area contributed by atoms with Crippen molar-refractivity contribution in [1.82, 2.24) is 14.5 Å². The largest absolute Gasteiger partial charge is 0.337 e. The maximum atomic E-state index is 5.13. The maximum absolute atomic E-state index is 5.13. The Balaban J connectivity index is 2.18. The van der Waals surface area contributed by atoms with E-state index in [-0.39, 0.29) is 0 Å². The Labute approximate surface area is 97.1 Å². The number of nitrogens with zero attached hydrogens (tertiary/aromatic N) is 2. The Kier molecular flexibility index (Phi) is 5.05. The summed E-state index contributed by atoms with van der Waals surface area (Å²) in [6.07, 6.45) is 6.31. The molecule has 1 rings (SSSR count). The lowest BCUT2D eigenvalue weighted by Crippen LogP contribution is -2.27. The fourth-order valence-electron chi connectivity index (χ4n) is 1.43. The molecule has 0 aliphatic carbocycles. The van der Waals surface area contributed by atoms with E-state index in [9.17, 15) is 0 Å². The van der Waals surface area contributed by atoms with Crippen molar-refractivity contribution in [2.45, 2.75) is 39.3 Å². The van der Waals surface area contributed by atoms with Crippen LogP contribution in [0, 0.1) is 4.77 Å². The Bertz CT molecular complexity index is 327. The molecule has 86 valence electrons. The molecule has 0 amide bonds. The third-order valence-corrected chi connectivity index (χ3v) is 3.12. The van der Waals surface area contributed by atoms with Crippen molar-refractivity contribution in [2.24, 2.45) is 0 Å². The number of nitrogens with one attached hydrogen (secondary N) is 1. The van der Waals surface area contributed by atoms with Gasteiger partial charge in [-0.25, -0.2) is 0 Å². The van der Waals surface area contributed by atoms with Gasteiger partial charge < -0.3 is 14.5 Å². The molecule has 1 N–H and O–H groups in total. The van der Waals surface area contributed by atoms with Crippen LogP contribution < -0.4 is 0 Å². The lowest BCUT2D eigenvalue weighted by atomic mass is 10.2. The Morgan fingerprint density at radius 3 is 2.73 bits per heavy atom. The minimum absolute atomic E-state index is 0.638. The first kappa shape index (κ1) is 12.5. The second-order valence-electron chi connectivity index (χ2n) is 4.24. The molecule has 0 spiro atoms. The van der Waals surface area contributed by atoms with Crippen molar-refractivity contribution in [3.8, 4) is 0 Å². The standard InChI is InChI=1S/C11H21N3S/c1-10(2)13(3)7-4-5-8-14-9-6-12-11(14)15/h6,9-10H,4-5,7-8H2,1-3H3,(H,12,15). The zero-order valence-corrected chi connectivity index (χ0v) is 10.7. The molecular formula is C11H21N3S. The fourth-order valence-corrected chi connectivity index (χ4v) is 1.65. The van der Waals surface area contributed by atoms with Gasteiger partial charge in [-0.05, 0) is 52.5 Å². The molecule has 0 bridgehead atoms. The van der Waals surface area contributed by atoms with Crippen LogP contribution in [0.25, 0.3) is 0 Å². The van der Waals surface area contributed by atoms with Gasteiger partial charge >= 0.3 is 0 Å². The summed E-state index contributed by atoms with van der Waals surface area (Å²) in [5, 5.41) is 0. The molecule has 0 saturated heterocycles. The van der Waals surface area contributed by atoms with E-state index < -0.39 is 0 Å². The Hall–Kier alpha value is -0.610. The average molecular weight is 227 g/mol. The van der Waals surface area contributed by atoms with Crippen LogP contribution in [0.15, 0.2) is 12.4 Å². The van der Waals surface area contributed by atoms with E-state index in [0.717, 1.165) is 17.9 Å². The number of aromatic amines is 1. The minimum atomic E-state index is 0.638. The number of aryl methyl sites for hydroxylation is 1. The van der Waals surface area contributed by atoms with Crippen LogP contribution >= 0.6 is 12.2 Å². The topological polar surface area (TPSA) is 24.0 Å². The molecule has 0 aromatic carbocycles. The molecule has 1 aromatic heterocycles. The zero-order chi connectivity index (χ0) is 11.3. The van der Waals surface area contributed by atoms with Gasteiger partial charge in [0.1, 0.15) is 0 Å². The van der Waals surface area contributed by atoms with Crippen molar-refractivity contribution in [3.63, 3.8) is 0 Å². The van der Waals surface area contributed by atoms with E-state index in [2.05, 4.69) is 35.3 Å². The van der Waals surface area contributed by atoms with Crippen molar-refractivity contribution in [2.75, 3.05) is 13.6 Å². The van der Waals surface area contributed by atoms with Gasteiger partial charge in [0.25, 0.3) is 0 Å². The molecule has 0 saturated carbocycles. The van der Waals surface area contributed by atoms with Crippen LogP contribution in [0.5, 0.6) is 0 Å². The molecule has 3 nitrogen and oxygen atoms in total. The maximum Gasteiger partial charge on any atom is 0.177 e. The fraction of sp³-hybridized carbons (Fsp3) is 0.727. The highest BCUT2D eigenvalue weighted by molar-refractivity contribution is 7.71. The predicted octanol–water partition coefficient (Wildman–Crippen LogP) is 2.67. The molecule has 0 radical (unpaired) electrons. The summed E-state index contributed by atoms with van der Waals surface area (Å²) in [6.45, 7) is 6.63. The molecule has 0 fully saturated rings. The smallest absolute Gasteiger partial charge is 0.177 e. The third-order valence-electron chi connectivity index (χ3n) is 2.76. The van der Waals surface area contributed by atoms with Gasteiger partial charge in [-0.15, -0.1) is 0 Å². The average Bonchev–Trinajstić information content (AvgIpc) is 2.58. The third kappa shape index (κ3) is 4.18. The van der Waals surface area contributed by atoms with Gasteiger partial charge in [-0.1, -0.05) is 0 Å². The number of H-pyrrole nitrogens is 1. The van der Waals surface area contributed by atoms with Crippen LogP contribution in [-0.2, 0) is 6.54 Å². The summed E-state index contributed by atoms with van der Waals surface area (Å²) in [4.78, 5) is 5.38.